The van der Waals surface area contributed by atoms with Crippen LogP contribution in [-0.2, 0) is 16.1 Å². The van der Waals surface area contributed by atoms with Crippen molar-refractivity contribution in [2.45, 2.75) is 19.6 Å². The van der Waals surface area contributed by atoms with Gasteiger partial charge in [0.25, 0.3) is 0 Å². The van der Waals surface area contributed by atoms with E-state index in [4.69, 9.17) is 16.3 Å². The van der Waals surface area contributed by atoms with E-state index in [-0.39, 0.29) is 10.9 Å². The minimum Gasteiger partial charge on any atom is -0.372 e. The summed E-state index contributed by atoms with van der Waals surface area (Å²) in [5.41, 5.74) is 0.739. The second-order valence-electron chi connectivity index (χ2n) is 3.34. The Bertz CT molecular complexity index is 384. The summed E-state index contributed by atoms with van der Waals surface area (Å²) in [7, 11) is 1.46. The van der Waals surface area contributed by atoms with Crippen molar-refractivity contribution in [2.24, 2.45) is 0 Å². The number of carbonyl (C=O) groups is 1. The van der Waals surface area contributed by atoms with Crippen LogP contribution in [0.3, 0.4) is 0 Å². The molecule has 1 aromatic rings. The lowest BCUT2D eigenvalue weighted by Crippen LogP contribution is -2.33. The van der Waals surface area contributed by atoms with Crippen LogP contribution in [0.4, 0.5) is 4.39 Å². The molecule has 0 radical (unpaired) electrons. The predicted octanol–water partition coefficient (Wildman–Crippen LogP) is 2.13. The van der Waals surface area contributed by atoms with Crippen LogP contribution < -0.4 is 5.32 Å². The van der Waals surface area contributed by atoms with Crippen molar-refractivity contribution < 1.29 is 13.9 Å². The maximum Gasteiger partial charge on any atom is 0.249 e. The molecule has 0 saturated carbocycles. The molecule has 0 bridgehead atoms. The number of benzene rings is 1. The SMILES string of the molecule is COC(C)C(=O)NCc1ccc(F)c(Cl)c1. The molecule has 0 saturated heterocycles. The number of rotatable bonds is 4. The lowest BCUT2D eigenvalue weighted by atomic mass is 10.2. The topological polar surface area (TPSA) is 38.3 Å². The molecule has 0 aromatic heterocycles. The number of hydrogen-bond donors (Lipinski definition) is 1. The lowest BCUT2D eigenvalue weighted by molar-refractivity contribution is -0.130. The summed E-state index contributed by atoms with van der Waals surface area (Å²) in [6, 6.07) is 4.32. The summed E-state index contributed by atoms with van der Waals surface area (Å²) in [4.78, 5) is 11.4. The van der Waals surface area contributed by atoms with Gasteiger partial charge in [0.05, 0.1) is 5.02 Å². The quantitative estimate of drug-likeness (QED) is 0.883. The number of ether oxygens (including phenoxy) is 1. The summed E-state index contributed by atoms with van der Waals surface area (Å²) >= 11 is 5.61. The molecule has 88 valence electrons. The molecule has 3 nitrogen and oxygen atoms in total. The largest absolute Gasteiger partial charge is 0.372 e. The maximum absolute atomic E-state index is 12.8. The lowest BCUT2D eigenvalue weighted by Gasteiger charge is -2.10. The first-order valence-corrected chi connectivity index (χ1v) is 5.17. The number of amides is 1. The van der Waals surface area contributed by atoms with Crippen LogP contribution in [0.2, 0.25) is 5.02 Å². The molecule has 1 rings (SSSR count). The number of nitrogens with one attached hydrogen (secondary N) is 1. The van der Waals surface area contributed by atoms with Crippen LogP contribution in [-0.4, -0.2) is 19.1 Å². The van der Waals surface area contributed by atoms with Gasteiger partial charge in [-0.3, -0.25) is 4.79 Å². The zero-order valence-electron chi connectivity index (χ0n) is 9.09. The second-order valence-corrected chi connectivity index (χ2v) is 3.75. The van der Waals surface area contributed by atoms with E-state index in [1.807, 2.05) is 0 Å². The van der Waals surface area contributed by atoms with Crippen molar-refractivity contribution in [1.82, 2.24) is 5.32 Å². The van der Waals surface area contributed by atoms with Gasteiger partial charge in [0.2, 0.25) is 5.91 Å². The highest BCUT2D eigenvalue weighted by atomic mass is 35.5. The van der Waals surface area contributed by atoms with Crippen LogP contribution in [0.1, 0.15) is 12.5 Å². The third kappa shape index (κ3) is 3.47. The fourth-order valence-corrected chi connectivity index (χ4v) is 1.29. The third-order valence-corrected chi connectivity index (χ3v) is 2.46. The molecule has 1 aromatic carbocycles. The molecule has 5 heteroatoms. The van der Waals surface area contributed by atoms with E-state index in [0.29, 0.717) is 6.54 Å². The molecule has 0 aliphatic rings. The van der Waals surface area contributed by atoms with Crippen molar-refractivity contribution in [3.8, 4) is 0 Å². The number of methoxy groups -OCH3 is 1. The first kappa shape index (κ1) is 12.9. The molecule has 1 N–H and O–H groups in total. The molecule has 0 aliphatic heterocycles. The highest BCUT2D eigenvalue weighted by Gasteiger charge is 2.10. The molecular weight excluding hydrogens is 233 g/mol. The van der Waals surface area contributed by atoms with Gasteiger partial charge in [0.1, 0.15) is 11.9 Å². The summed E-state index contributed by atoms with van der Waals surface area (Å²) < 4.78 is 17.7. The highest BCUT2D eigenvalue weighted by molar-refractivity contribution is 6.30. The first-order chi connectivity index (χ1) is 7.54. The molecule has 0 fully saturated rings. The van der Waals surface area contributed by atoms with Gasteiger partial charge in [0, 0.05) is 13.7 Å². The Morgan fingerprint density at radius 3 is 2.88 bits per heavy atom. The summed E-state index contributed by atoms with van der Waals surface area (Å²) in [6.07, 6.45) is -0.504. The van der Waals surface area contributed by atoms with Gasteiger partial charge in [-0.2, -0.15) is 0 Å². The van der Waals surface area contributed by atoms with Gasteiger partial charge >= 0.3 is 0 Å². The summed E-state index contributed by atoms with van der Waals surface area (Å²) in [6.45, 7) is 1.94. The van der Waals surface area contributed by atoms with Crippen LogP contribution in [0.5, 0.6) is 0 Å². The Hall–Kier alpha value is -1.13. The van der Waals surface area contributed by atoms with E-state index in [0.717, 1.165) is 5.56 Å². The molecule has 1 unspecified atom stereocenters. The average molecular weight is 246 g/mol. The molecule has 16 heavy (non-hydrogen) atoms. The first-order valence-electron chi connectivity index (χ1n) is 4.79. The zero-order valence-corrected chi connectivity index (χ0v) is 9.84. The normalized spacial score (nSPS) is 12.2. The van der Waals surface area contributed by atoms with Crippen molar-refractivity contribution in [1.29, 1.82) is 0 Å². The fourth-order valence-electron chi connectivity index (χ4n) is 1.09. The molecule has 0 heterocycles. The second kappa shape index (κ2) is 5.82. The Morgan fingerprint density at radius 2 is 2.31 bits per heavy atom. The maximum atomic E-state index is 12.8. The Balaban J connectivity index is 2.55. The monoisotopic (exact) mass is 245 g/mol. The highest BCUT2D eigenvalue weighted by Crippen LogP contribution is 2.15. The zero-order chi connectivity index (χ0) is 12.1. The summed E-state index contributed by atoms with van der Waals surface area (Å²) in [5.74, 6) is -0.690. The number of carbonyl (C=O) groups excluding carboxylic acids is 1. The molecule has 0 aliphatic carbocycles. The molecule has 1 amide bonds. The third-order valence-electron chi connectivity index (χ3n) is 2.17. The van der Waals surface area contributed by atoms with E-state index >= 15 is 0 Å². The Kier molecular flexibility index (Phi) is 4.71. The number of halogens is 2. The fraction of sp³-hybridized carbons (Fsp3) is 0.364. The number of hydrogen-bond acceptors (Lipinski definition) is 2. The minimum absolute atomic E-state index is 0.0477. The van der Waals surface area contributed by atoms with E-state index in [2.05, 4.69) is 5.32 Å². The van der Waals surface area contributed by atoms with Gasteiger partial charge in [-0.1, -0.05) is 17.7 Å². The molecule has 1 atom stereocenters. The van der Waals surface area contributed by atoms with E-state index in [9.17, 15) is 9.18 Å². The molecule has 0 spiro atoms. The van der Waals surface area contributed by atoms with Gasteiger partial charge in [0.15, 0.2) is 0 Å². The van der Waals surface area contributed by atoms with Crippen LogP contribution in [0, 0.1) is 5.82 Å². The predicted molar refractivity (Wildman–Crippen MR) is 59.7 cm³/mol. The standard InChI is InChI=1S/C11H13ClFNO2/c1-7(16-2)11(15)14-6-8-3-4-10(13)9(12)5-8/h3-5,7H,6H2,1-2H3,(H,14,15). The average Bonchev–Trinajstić information content (AvgIpc) is 2.29. The van der Waals surface area contributed by atoms with Crippen LogP contribution in [0.15, 0.2) is 18.2 Å². The van der Waals surface area contributed by atoms with Crippen LogP contribution in [0.25, 0.3) is 0 Å². The van der Waals surface area contributed by atoms with Gasteiger partial charge in [-0.25, -0.2) is 4.39 Å². The minimum atomic E-state index is -0.504. The van der Waals surface area contributed by atoms with E-state index < -0.39 is 11.9 Å². The van der Waals surface area contributed by atoms with E-state index in [1.54, 1.807) is 13.0 Å². The Morgan fingerprint density at radius 1 is 1.62 bits per heavy atom. The van der Waals surface area contributed by atoms with Crippen molar-refractivity contribution in [3.63, 3.8) is 0 Å². The molecular formula is C11H13ClFNO2. The van der Waals surface area contributed by atoms with Gasteiger partial charge < -0.3 is 10.1 Å². The Labute approximate surface area is 98.5 Å². The van der Waals surface area contributed by atoms with Crippen molar-refractivity contribution in [3.05, 3.63) is 34.6 Å². The van der Waals surface area contributed by atoms with Crippen LogP contribution >= 0.6 is 11.6 Å². The van der Waals surface area contributed by atoms with Gasteiger partial charge in [-0.15, -0.1) is 0 Å². The summed E-state index contributed by atoms with van der Waals surface area (Å²) in [5, 5.41) is 2.70. The van der Waals surface area contributed by atoms with Crippen molar-refractivity contribution >= 4 is 17.5 Å². The van der Waals surface area contributed by atoms with Crippen molar-refractivity contribution in [2.75, 3.05) is 7.11 Å². The van der Waals surface area contributed by atoms with Gasteiger partial charge in [-0.05, 0) is 24.6 Å². The van der Waals surface area contributed by atoms with E-state index in [1.165, 1.54) is 19.2 Å². The smallest absolute Gasteiger partial charge is 0.249 e.